The summed E-state index contributed by atoms with van der Waals surface area (Å²) in [6, 6.07) is 17.8. The van der Waals surface area contributed by atoms with Crippen LogP contribution in [0.1, 0.15) is 5.56 Å². The Bertz CT molecular complexity index is 1010. The van der Waals surface area contributed by atoms with Crippen LogP contribution in [0.2, 0.25) is 0 Å². The van der Waals surface area contributed by atoms with Crippen molar-refractivity contribution in [2.24, 2.45) is 0 Å². The first-order valence-corrected chi connectivity index (χ1v) is 8.72. The number of benzene rings is 2. The van der Waals surface area contributed by atoms with Gasteiger partial charge >= 0.3 is 0 Å². The summed E-state index contributed by atoms with van der Waals surface area (Å²) in [5.74, 6) is 1.11. The van der Waals surface area contributed by atoms with E-state index in [-0.39, 0.29) is 18.0 Å². The van der Waals surface area contributed by atoms with Crippen LogP contribution in [-0.4, -0.2) is 29.9 Å². The highest BCUT2D eigenvalue weighted by atomic mass is 16.5. The van der Waals surface area contributed by atoms with Crippen molar-refractivity contribution < 1.29 is 14.3 Å². The first-order chi connectivity index (χ1) is 13.6. The van der Waals surface area contributed by atoms with E-state index in [0.29, 0.717) is 18.0 Å². The highest BCUT2D eigenvalue weighted by Gasteiger charge is 2.09. The number of rotatable bonds is 7. The van der Waals surface area contributed by atoms with Gasteiger partial charge in [-0.05, 0) is 36.4 Å². The van der Waals surface area contributed by atoms with Crippen LogP contribution in [0.15, 0.2) is 65.5 Å². The number of nitrogens with one attached hydrogen (secondary N) is 1. The number of aromatic nitrogens is 2. The summed E-state index contributed by atoms with van der Waals surface area (Å²) < 4.78 is 11.6. The maximum atomic E-state index is 12.3. The first-order valence-electron chi connectivity index (χ1n) is 8.72. The van der Waals surface area contributed by atoms with Gasteiger partial charge in [0.1, 0.15) is 18.0 Å². The second kappa shape index (κ2) is 8.85. The van der Waals surface area contributed by atoms with Gasteiger partial charge in [0.25, 0.3) is 5.56 Å². The molecule has 0 saturated carbocycles. The van der Waals surface area contributed by atoms with Crippen molar-refractivity contribution >= 4 is 5.91 Å². The Morgan fingerprint density at radius 2 is 1.75 bits per heavy atom. The van der Waals surface area contributed by atoms with Gasteiger partial charge in [-0.15, -0.1) is 0 Å². The van der Waals surface area contributed by atoms with E-state index in [1.165, 1.54) is 6.07 Å². The van der Waals surface area contributed by atoms with Gasteiger partial charge in [0.05, 0.1) is 19.9 Å². The zero-order chi connectivity index (χ0) is 19.9. The van der Waals surface area contributed by atoms with Crippen LogP contribution in [0.4, 0.5) is 0 Å². The lowest BCUT2D eigenvalue weighted by molar-refractivity contribution is -0.122. The quantitative estimate of drug-likeness (QED) is 0.681. The average molecular weight is 379 g/mol. The normalized spacial score (nSPS) is 10.4. The predicted molar refractivity (Wildman–Crippen MR) is 105 cm³/mol. The maximum Gasteiger partial charge on any atom is 0.267 e. The van der Waals surface area contributed by atoms with Gasteiger partial charge in [0, 0.05) is 23.7 Å². The Labute approximate surface area is 162 Å². The smallest absolute Gasteiger partial charge is 0.267 e. The van der Waals surface area contributed by atoms with E-state index < -0.39 is 0 Å². The number of carbonyl (C=O) groups excluding carboxylic acids is 1. The summed E-state index contributed by atoms with van der Waals surface area (Å²) in [5.41, 5.74) is 1.93. The monoisotopic (exact) mass is 379 g/mol. The van der Waals surface area contributed by atoms with Crippen LogP contribution in [0.25, 0.3) is 11.3 Å². The molecule has 3 aromatic rings. The lowest BCUT2D eigenvalue weighted by atomic mass is 10.1. The molecule has 144 valence electrons. The standard InChI is InChI=1S/C21H21N3O4/c1-27-17-9-7-15(8-10-17)18-11-12-21(26)24(23-18)14-20(25)22-13-16-5-3-4-6-19(16)28-2/h3-12H,13-14H2,1-2H3,(H,22,25). The van der Waals surface area contributed by atoms with Crippen LogP contribution in [-0.2, 0) is 17.9 Å². The van der Waals surface area contributed by atoms with Crippen LogP contribution in [0, 0.1) is 0 Å². The molecule has 0 aliphatic heterocycles. The molecule has 1 heterocycles. The Kier molecular flexibility index (Phi) is 6.06. The van der Waals surface area contributed by atoms with Gasteiger partial charge in [0.2, 0.25) is 5.91 Å². The van der Waals surface area contributed by atoms with E-state index in [9.17, 15) is 9.59 Å². The summed E-state index contributed by atoms with van der Waals surface area (Å²) in [6.07, 6.45) is 0. The molecule has 0 fully saturated rings. The number of ether oxygens (including phenoxy) is 2. The van der Waals surface area contributed by atoms with E-state index in [2.05, 4.69) is 10.4 Å². The molecule has 1 amide bonds. The summed E-state index contributed by atoms with van der Waals surface area (Å²) in [5, 5.41) is 7.09. The summed E-state index contributed by atoms with van der Waals surface area (Å²) in [4.78, 5) is 24.4. The molecule has 7 nitrogen and oxygen atoms in total. The van der Waals surface area contributed by atoms with Crippen LogP contribution in [0.3, 0.4) is 0 Å². The third-order valence-corrected chi connectivity index (χ3v) is 4.21. The molecule has 7 heteroatoms. The number of hydrogen-bond acceptors (Lipinski definition) is 5. The van der Waals surface area contributed by atoms with Gasteiger partial charge in [0.15, 0.2) is 0 Å². The van der Waals surface area contributed by atoms with Crippen LogP contribution >= 0.6 is 0 Å². The van der Waals surface area contributed by atoms with Crippen molar-refractivity contribution in [2.45, 2.75) is 13.1 Å². The van der Waals surface area contributed by atoms with E-state index in [1.54, 1.807) is 20.3 Å². The number of carbonyl (C=O) groups is 1. The molecule has 0 radical (unpaired) electrons. The fourth-order valence-electron chi connectivity index (χ4n) is 2.71. The minimum Gasteiger partial charge on any atom is -0.497 e. The number of hydrogen-bond donors (Lipinski definition) is 1. The van der Waals surface area contributed by atoms with Gasteiger partial charge in [-0.25, -0.2) is 4.68 Å². The lowest BCUT2D eigenvalue weighted by Crippen LogP contribution is -2.33. The molecule has 0 saturated heterocycles. The SMILES string of the molecule is COc1ccc(-c2ccc(=O)n(CC(=O)NCc3ccccc3OC)n2)cc1. The first kappa shape index (κ1) is 19.2. The highest BCUT2D eigenvalue weighted by Crippen LogP contribution is 2.19. The van der Waals surface area contributed by atoms with E-state index >= 15 is 0 Å². The fraction of sp³-hybridized carbons (Fsp3) is 0.190. The Morgan fingerprint density at radius 3 is 2.46 bits per heavy atom. The number of amides is 1. The van der Waals surface area contributed by atoms with E-state index in [0.717, 1.165) is 21.6 Å². The van der Waals surface area contributed by atoms with Crippen molar-refractivity contribution in [2.75, 3.05) is 14.2 Å². The van der Waals surface area contributed by atoms with Crippen molar-refractivity contribution in [3.63, 3.8) is 0 Å². The molecule has 0 unspecified atom stereocenters. The molecule has 0 bridgehead atoms. The molecule has 0 aliphatic carbocycles. The number of nitrogens with zero attached hydrogens (tertiary/aromatic N) is 2. The predicted octanol–water partition coefficient (Wildman–Crippen LogP) is 2.24. The van der Waals surface area contributed by atoms with E-state index in [1.807, 2.05) is 48.5 Å². The second-order valence-electron chi connectivity index (χ2n) is 6.03. The zero-order valence-electron chi connectivity index (χ0n) is 15.7. The second-order valence-corrected chi connectivity index (χ2v) is 6.03. The molecule has 2 aromatic carbocycles. The van der Waals surface area contributed by atoms with Crippen molar-refractivity contribution in [1.82, 2.24) is 15.1 Å². The molecule has 1 aromatic heterocycles. The molecule has 0 atom stereocenters. The minimum absolute atomic E-state index is 0.169. The molecule has 28 heavy (non-hydrogen) atoms. The van der Waals surface area contributed by atoms with Crippen LogP contribution < -0.4 is 20.3 Å². The molecule has 0 spiro atoms. The van der Waals surface area contributed by atoms with Gasteiger partial charge in [-0.1, -0.05) is 18.2 Å². The third kappa shape index (κ3) is 4.56. The van der Waals surface area contributed by atoms with E-state index in [4.69, 9.17) is 9.47 Å². The van der Waals surface area contributed by atoms with Gasteiger partial charge in [-0.2, -0.15) is 5.10 Å². The Hall–Kier alpha value is -3.61. The lowest BCUT2D eigenvalue weighted by Gasteiger charge is -2.11. The summed E-state index contributed by atoms with van der Waals surface area (Å²) in [6.45, 7) is 0.133. The topological polar surface area (TPSA) is 82.5 Å². The molecular formula is C21H21N3O4. The third-order valence-electron chi connectivity index (χ3n) is 4.21. The number of para-hydroxylation sites is 1. The molecule has 3 rings (SSSR count). The summed E-state index contributed by atoms with van der Waals surface area (Å²) >= 11 is 0. The van der Waals surface area contributed by atoms with Crippen molar-refractivity contribution in [3.05, 3.63) is 76.6 Å². The van der Waals surface area contributed by atoms with Crippen LogP contribution in [0.5, 0.6) is 11.5 Å². The van der Waals surface area contributed by atoms with Gasteiger partial charge < -0.3 is 14.8 Å². The highest BCUT2D eigenvalue weighted by molar-refractivity contribution is 5.75. The maximum absolute atomic E-state index is 12.3. The largest absolute Gasteiger partial charge is 0.497 e. The fourth-order valence-corrected chi connectivity index (χ4v) is 2.71. The molecule has 1 N–H and O–H groups in total. The van der Waals surface area contributed by atoms with Crippen molar-refractivity contribution in [1.29, 1.82) is 0 Å². The van der Waals surface area contributed by atoms with Gasteiger partial charge in [-0.3, -0.25) is 9.59 Å². The summed E-state index contributed by atoms with van der Waals surface area (Å²) in [7, 11) is 3.17. The molecular weight excluding hydrogens is 358 g/mol. The zero-order valence-corrected chi connectivity index (χ0v) is 15.7. The Balaban J connectivity index is 1.70. The Morgan fingerprint density at radius 1 is 1.00 bits per heavy atom. The number of methoxy groups -OCH3 is 2. The molecule has 0 aliphatic rings. The van der Waals surface area contributed by atoms with Crippen molar-refractivity contribution in [3.8, 4) is 22.8 Å². The minimum atomic E-state index is -0.343. The average Bonchev–Trinajstić information content (AvgIpc) is 2.74.